The molecule has 0 radical (unpaired) electrons. The van der Waals surface area contributed by atoms with Crippen molar-refractivity contribution in [3.05, 3.63) is 18.2 Å². The molecule has 0 saturated carbocycles. The minimum atomic E-state index is -1.07. The van der Waals surface area contributed by atoms with E-state index in [-0.39, 0.29) is 13.0 Å². The molecule has 1 aliphatic rings. The number of aromatic amines is 1. The Morgan fingerprint density at radius 3 is 2.78 bits per heavy atom. The first-order valence-electron chi connectivity index (χ1n) is 8.62. The first kappa shape index (κ1) is 20.4. The maximum absolute atomic E-state index is 12.9. The SMILES string of the molecule is CC(N)C(=O)NCC(=O)NC(Cc1cnc[nH]1)C(=O)N1CCCC1C(=O)O. The van der Waals surface area contributed by atoms with Crippen LogP contribution in [0.15, 0.2) is 12.5 Å². The van der Waals surface area contributed by atoms with Gasteiger partial charge in [0.2, 0.25) is 17.7 Å². The van der Waals surface area contributed by atoms with E-state index in [0.29, 0.717) is 25.1 Å². The lowest BCUT2D eigenvalue weighted by Crippen LogP contribution is -2.54. The number of carboxylic acids is 1. The maximum atomic E-state index is 12.9. The Labute approximate surface area is 155 Å². The minimum absolute atomic E-state index is 0.120. The summed E-state index contributed by atoms with van der Waals surface area (Å²) >= 11 is 0. The lowest BCUT2D eigenvalue weighted by Gasteiger charge is -2.27. The summed E-state index contributed by atoms with van der Waals surface area (Å²) in [5, 5.41) is 14.2. The largest absolute Gasteiger partial charge is 0.480 e. The fraction of sp³-hybridized carbons (Fsp3) is 0.562. The number of aromatic nitrogens is 2. The standard InChI is InChI=1S/C16H24N6O5/c1-9(17)14(24)19-7-13(23)21-11(5-10-6-18-8-20-10)15(25)22-4-2-3-12(22)16(26)27/h6,8-9,11-12H,2-5,7,17H2,1H3,(H,18,20)(H,19,24)(H,21,23)(H,26,27). The van der Waals surface area contributed by atoms with Crippen molar-refractivity contribution in [3.8, 4) is 0 Å². The van der Waals surface area contributed by atoms with Gasteiger partial charge in [-0.2, -0.15) is 0 Å². The molecule has 0 bridgehead atoms. The summed E-state index contributed by atoms with van der Waals surface area (Å²) in [4.78, 5) is 55.9. The third kappa shape index (κ3) is 5.51. The van der Waals surface area contributed by atoms with Crippen molar-refractivity contribution in [2.75, 3.05) is 13.1 Å². The predicted octanol–water partition coefficient (Wildman–Crippen LogP) is -2.02. The summed E-state index contributed by atoms with van der Waals surface area (Å²) in [6.07, 6.45) is 4.03. The van der Waals surface area contributed by atoms with Crippen LogP contribution in [0.1, 0.15) is 25.5 Å². The van der Waals surface area contributed by atoms with Gasteiger partial charge in [0.15, 0.2) is 0 Å². The fourth-order valence-corrected chi connectivity index (χ4v) is 2.88. The molecule has 11 heteroatoms. The monoisotopic (exact) mass is 380 g/mol. The van der Waals surface area contributed by atoms with E-state index in [1.807, 2.05) is 0 Å². The number of amides is 3. The second-order valence-corrected chi connectivity index (χ2v) is 6.44. The molecule has 27 heavy (non-hydrogen) atoms. The highest BCUT2D eigenvalue weighted by Gasteiger charge is 2.37. The Morgan fingerprint density at radius 1 is 1.44 bits per heavy atom. The molecule has 1 aromatic rings. The van der Waals surface area contributed by atoms with Crippen molar-refractivity contribution >= 4 is 23.7 Å². The molecule has 1 aromatic heterocycles. The van der Waals surface area contributed by atoms with Gasteiger partial charge < -0.3 is 31.4 Å². The van der Waals surface area contributed by atoms with Gasteiger partial charge in [-0.05, 0) is 19.8 Å². The Kier molecular flexibility index (Phi) is 6.88. The van der Waals surface area contributed by atoms with Crippen LogP contribution in [0.5, 0.6) is 0 Å². The molecule has 0 aromatic carbocycles. The number of carbonyl (C=O) groups excluding carboxylic acids is 3. The van der Waals surface area contributed by atoms with Gasteiger partial charge >= 0.3 is 5.97 Å². The molecule has 1 fully saturated rings. The van der Waals surface area contributed by atoms with Crippen LogP contribution >= 0.6 is 0 Å². The molecule has 2 heterocycles. The molecule has 1 aliphatic heterocycles. The molecule has 0 spiro atoms. The second-order valence-electron chi connectivity index (χ2n) is 6.44. The van der Waals surface area contributed by atoms with Gasteiger partial charge in [0.1, 0.15) is 12.1 Å². The topological polar surface area (TPSA) is 171 Å². The van der Waals surface area contributed by atoms with Crippen LogP contribution in [0.4, 0.5) is 0 Å². The highest BCUT2D eigenvalue weighted by atomic mass is 16.4. The van der Waals surface area contributed by atoms with E-state index < -0.39 is 41.8 Å². The summed E-state index contributed by atoms with van der Waals surface area (Å²) in [5.74, 6) is -2.63. The van der Waals surface area contributed by atoms with Crippen LogP contribution in [-0.2, 0) is 25.6 Å². The van der Waals surface area contributed by atoms with Crippen molar-refractivity contribution in [2.45, 2.75) is 44.3 Å². The zero-order valence-electron chi connectivity index (χ0n) is 15.0. The predicted molar refractivity (Wildman–Crippen MR) is 93.3 cm³/mol. The number of nitrogens with one attached hydrogen (secondary N) is 3. The van der Waals surface area contributed by atoms with E-state index in [9.17, 15) is 24.3 Å². The highest BCUT2D eigenvalue weighted by Crippen LogP contribution is 2.19. The molecule has 148 valence electrons. The number of carboxylic acid groups (broad SMARTS) is 1. The zero-order chi connectivity index (χ0) is 20.0. The smallest absolute Gasteiger partial charge is 0.326 e. The Bertz CT molecular complexity index is 689. The second kappa shape index (κ2) is 9.12. The van der Waals surface area contributed by atoms with E-state index in [4.69, 9.17) is 5.73 Å². The van der Waals surface area contributed by atoms with Crippen molar-refractivity contribution < 1.29 is 24.3 Å². The van der Waals surface area contributed by atoms with Crippen molar-refractivity contribution in [3.63, 3.8) is 0 Å². The van der Waals surface area contributed by atoms with Crippen LogP contribution in [0.3, 0.4) is 0 Å². The Hall–Kier alpha value is -2.95. The number of H-pyrrole nitrogens is 1. The van der Waals surface area contributed by atoms with Gasteiger partial charge in [-0.15, -0.1) is 0 Å². The highest BCUT2D eigenvalue weighted by molar-refractivity contribution is 5.92. The molecule has 3 atom stereocenters. The van der Waals surface area contributed by atoms with Crippen LogP contribution < -0.4 is 16.4 Å². The molecule has 3 amide bonds. The summed E-state index contributed by atoms with van der Waals surface area (Å²) in [7, 11) is 0. The molecule has 2 rings (SSSR count). The molecule has 11 nitrogen and oxygen atoms in total. The number of aliphatic carboxylic acids is 1. The minimum Gasteiger partial charge on any atom is -0.480 e. The van der Waals surface area contributed by atoms with E-state index in [1.54, 1.807) is 0 Å². The molecule has 3 unspecified atom stereocenters. The first-order chi connectivity index (χ1) is 12.8. The maximum Gasteiger partial charge on any atom is 0.326 e. The lowest BCUT2D eigenvalue weighted by atomic mass is 10.1. The van der Waals surface area contributed by atoms with E-state index in [1.165, 1.54) is 24.3 Å². The molecule has 0 aliphatic carbocycles. The van der Waals surface area contributed by atoms with Gasteiger partial charge in [-0.3, -0.25) is 14.4 Å². The van der Waals surface area contributed by atoms with Crippen molar-refractivity contribution in [1.29, 1.82) is 0 Å². The van der Waals surface area contributed by atoms with E-state index in [0.717, 1.165) is 0 Å². The summed E-state index contributed by atoms with van der Waals surface area (Å²) in [6, 6.07) is -2.65. The number of nitrogens with two attached hydrogens (primary N) is 1. The summed E-state index contributed by atoms with van der Waals surface area (Å²) < 4.78 is 0. The van der Waals surface area contributed by atoms with Crippen LogP contribution in [-0.4, -0.2) is 74.9 Å². The van der Waals surface area contributed by atoms with E-state index >= 15 is 0 Å². The Morgan fingerprint density at radius 2 is 2.19 bits per heavy atom. The summed E-state index contributed by atoms with van der Waals surface area (Å²) in [6.45, 7) is 1.46. The number of imidazole rings is 1. The Balaban J connectivity index is 2.06. The quantitative estimate of drug-likeness (QED) is 0.346. The number of nitrogens with zero attached hydrogens (tertiary/aromatic N) is 2. The fourth-order valence-electron chi connectivity index (χ4n) is 2.88. The van der Waals surface area contributed by atoms with Gasteiger partial charge in [-0.1, -0.05) is 0 Å². The molecule has 1 saturated heterocycles. The number of hydrogen-bond acceptors (Lipinski definition) is 6. The third-order valence-electron chi connectivity index (χ3n) is 4.27. The van der Waals surface area contributed by atoms with Crippen LogP contribution in [0, 0.1) is 0 Å². The first-order valence-corrected chi connectivity index (χ1v) is 8.62. The zero-order valence-corrected chi connectivity index (χ0v) is 15.0. The average Bonchev–Trinajstić information content (AvgIpc) is 3.29. The van der Waals surface area contributed by atoms with Gasteiger partial charge in [-0.25, -0.2) is 9.78 Å². The van der Waals surface area contributed by atoms with Crippen molar-refractivity contribution in [2.24, 2.45) is 5.73 Å². The van der Waals surface area contributed by atoms with Crippen molar-refractivity contribution in [1.82, 2.24) is 25.5 Å². The number of carbonyl (C=O) groups is 4. The van der Waals surface area contributed by atoms with Gasteiger partial charge in [0.05, 0.1) is 18.9 Å². The molecule has 6 N–H and O–H groups in total. The average molecular weight is 380 g/mol. The van der Waals surface area contributed by atoms with Gasteiger partial charge in [0.25, 0.3) is 0 Å². The van der Waals surface area contributed by atoms with Crippen LogP contribution in [0.2, 0.25) is 0 Å². The molecular weight excluding hydrogens is 356 g/mol. The molecular formula is C16H24N6O5. The number of likely N-dealkylation sites (tertiary alicyclic amines) is 1. The van der Waals surface area contributed by atoms with E-state index in [2.05, 4.69) is 20.6 Å². The number of rotatable bonds is 8. The summed E-state index contributed by atoms with van der Waals surface area (Å²) in [5.41, 5.74) is 6.03. The number of hydrogen-bond donors (Lipinski definition) is 5. The normalized spacial score (nSPS) is 18.6. The van der Waals surface area contributed by atoms with Crippen LogP contribution in [0.25, 0.3) is 0 Å². The van der Waals surface area contributed by atoms with Gasteiger partial charge in [0, 0.05) is 24.9 Å². The lowest BCUT2D eigenvalue weighted by molar-refractivity contribution is -0.149. The third-order valence-corrected chi connectivity index (χ3v) is 4.27.